The SMILES string of the molecule is Cc1oc(-c2ccccc2)nc1CCOC1=CC=CC(C/C(=N/Nc2ccccc2)C(=N)C(=O)Nc2ccccc2)C1. The Morgan fingerprint density at radius 1 is 1.00 bits per heavy atom. The molecule has 1 amide bonds. The maximum absolute atomic E-state index is 13.0. The Kier molecular flexibility index (Phi) is 9.36. The summed E-state index contributed by atoms with van der Waals surface area (Å²) in [5, 5.41) is 15.9. The number of carbonyl (C=O) groups is 1. The van der Waals surface area contributed by atoms with E-state index in [1.54, 1.807) is 12.1 Å². The molecule has 3 aromatic carbocycles. The van der Waals surface area contributed by atoms with E-state index in [1.165, 1.54) is 0 Å². The average Bonchev–Trinajstić information content (AvgIpc) is 3.40. The minimum atomic E-state index is -0.514. The van der Waals surface area contributed by atoms with Crippen molar-refractivity contribution in [2.45, 2.75) is 26.2 Å². The van der Waals surface area contributed by atoms with Crippen LogP contribution in [-0.4, -0.2) is 28.9 Å². The van der Waals surface area contributed by atoms with Gasteiger partial charge in [-0.3, -0.25) is 15.6 Å². The lowest BCUT2D eigenvalue weighted by molar-refractivity contribution is -0.110. The molecule has 3 N–H and O–H groups in total. The third-order valence-corrected chi connectivity index (χ3v) is 6.77. The first kappa shape index (κ1) is 28.3. The van der Waals surface area contributed by atoms with E-state index in [-0.39, 0.29) is 11.6 Å². The van der Waals surface area contributed by atoms with Gasteiger partial charge in [0.2, 0.25) is 5.89 Å². The zero-order chi connectivity index (χ0) is 29.1. The Labute approximate surface area is 245 Å². The molecule has 4 aromatic rings. The number of para-hydroxylation sites is 2. The number of carbonyl (C=O) groups excluding carboxylic acids is 1. The lowest BCUT2D eigenvalue weighted by atomic mass is 9.92. The summed E-state index contributed by atoms with van der Waals surface area (Å²) in [5.74, 6) is 1.72. The number of aromatic nitrogens is 1. The van der Waals surface area contributed by atoms with Gasteiger partial charge in [0, 0.05) is 30.5 Å². The summed E-state index contributed by atoms with van der Waals surface area (Å²) >= 11 is 0. The second-order valence-electron chi connectivity index (χ2n) is 9.90. The quantitative estimate of drug-likeness (QED) is 0.126. The summed E-state index contributed by atoms with van der Waals surface area (Å²) in [5.41, 5.74) is 6.37. The van der Waals surface area contributed by atoms with Crippen LogP contribution in [-0.2, 0) is 16.0 Å². The van der Waals surface area contributed by atoms with Crippen molar-refractivity contribution in [3.63, 3.8) is 0 Å². The van der Waals surface area contributed by atoms with Crippen LogP contribution in [0.25, 0.3) is 11.5 Å². The van der Waals surface area contributed by atoms with Gasteiger partial charge in [-0.25, -0.2) is 4.98 Å². The predicted octanol–water partition coefficient (Wildman–Crippen LogP) is 7.19. The van der Waals surface area contributed by atoms with Gasteiger partial charge in [0.05, 0.1) is 29.5 Å². The number of hydrazone groups is 1. The fourth-order valence-corrected chi connectivity index (χ4v) is 4.55. The fourth-order valence-electron chi connectivity index (χ4n) is 4.55. The maximum atomic E-state index is 13.0. The molecule has 0 spiro atoms. The van der Waals surface area contributed by atoms with E-state index in [0.29, 0.717) is 43.2 Å². The first-order valence-corrected chi connectivity index (χ1v) is 13.9. The number of amides is 1. The minimum Gasteiger partial charge on any atom is -0.498 e. The summed E-state index contributed by atoms with van der Waals surface area (Å²) in [7, 11) is 0. The van der Waals surface area contributed by atoms with Gasteiger partial charge in [-0.1, -0.05) is 66.7 Å². The monoisotopic (exact) mass is 559 g/mol. The summed E-state index contributed by atoms with van der Waals surface area (Å²) in [6.07, 6.45) is 7.60. The number of benzene rings is 3. The molecule has 1 unspecified atom stereocenters. The average molecular weight is 560 g/mol. The lowest BCUT2D eigenvalue weighted by Gasteiger charge is -2.20. The Morgan fingerprint density at radius 2 is 1.67 bits per heavy atom. The number of allylic oxidation sites excluding steroid dienone is 4. The molecule has 0 fully saturated rings. The molecule has 5 rings (SSSR count). The maximum Gasteiger partial charge on any atom is 0.275 e. The van der Waals surface area contributed by atoms with Crippen molar-refractivity contribution >= 4 is 28.7 Å². The molecule has 42 heavy (non-hydrogen) atoms. The second kappa shape index (κ2) is 13.9. The Bertz CT molecular complexity index is 1590. The summed E-state index contributed by atoms with van der Waals surface area (Å²) in [4.78, 5) is 17.6. The molecule has 0 saturated heterocycles. The molecule has 1 atom stereocenters. The van der Waals surface area contributed by atoms with Crippen LogP contribution in [0.3, 0.4) is 0 Å². The Morgan fingerprint density at radius 3 is 2.38 bits per heavy atom. The molecule has 0 aliphatic heterocycles. The number of nitrogens with zero attached hydrogens (tertiary/aromatic N) is 2. The van der Waals surface area contributed by atoms with Crippen LogP contribution in [0.15, 0.2) is 125 Å². The number of oxazole rings is 1. The van der Waals surface area contributed by atoms with Crippen molar-refractivity contribution < 1.29 is 13.9 Å². The molecular formula is C34H33N5O3. The number of nitrogens with one attached hydrogen (secondary N) is 3. The van der Waals surface area contributed by atoms with Gasteiger partial charge in [0.25, 0.3) is 5.91 Å². The second-order valence-corrected chi connectivity index (χ2v) is 9.90. The van der Waals surface area contributed by atoms with Crippen LogP contribution in [0.4, 0.5) is 11.4 Å². The largest absolute Gasteiger partial charge is 0.498 e. The van der Waals surface area contributed by atoms with Crippen LogP contribution >= 0.6 is 0 Å². The molecule has 8 nitrogen and oxygen atoms in total. The van der Waals surface area contributed by atoms with E-state index >= 15 is 0 Å². The first-order chi connectivity index (χ1) is 20.5. The van der Waals surface area contributed by atoms with Gasteiger partial charge in [0.15, 0.2) is 0 Å². The number of anilines is 2. The fraction of sp³-hybridized carbons (Fsp3) is 0.176. The van der Waals surface area contributed by atoms with Gasteiger partial charge in [0.1, 0.15) is 11.5 Å². The number of hydrogen-bond donors (Lipinski definition) is 3. The summed E-state index contributed by atoms with van der Waals surface area (Å²) < 4.78 is 12.0. The van der Waals surface area contributed by atoms with Gasteiger partial charge in [-0.2, -0.15) is 5.10 Å². The zero-order valence-electron chi connectivity index (χ0n) is 23.4. The molecule has 1 aliphatic carbocycles. The normalized spacial score (nSPS) is 14.6. The highest BCUT2D eigenvalue weighted by molar-refractivity contribution is 6.67. The van der Waals surface area contributed by atoms with Crippen molar-refractivity contribution in [2.24, 2.45) is 11.0 Å². The van der Waals surface area contributed by atoms with Crippen LogP contribution < -0.4 is 10.7 Å². The number of rotatable bonds is 12. The molecule has 1 aromatic heterocycles. The third-order valence-electron chi connectivity index (χ3n) is 6.77. The van der Waals surface area contributed by atoms with E-state index in [0.717, 1.165) is 28.5 Å². The van der Waals surface area contributed by atoms with Crippen molar-refractivity contribution in [1.29, 1.82) is 5.41 Å². The first-order valence-electron chi connectivity index (χ1n) is 13.9. The van der Waals surface area contributed by atoms with Gasteiger partial charge in [-0.05, 0) is 55.3 Å². The highest BCUT2D eigenvalue weighted by Gasteiger charge is 2.22. The number of ether oxygens (including phenoxy) is 1. The molecule has 1 aliphatic rings. The molecule has 0 bridgehead atoms. The Hall–Kier alpha value is -5.24. The van der Waals surface area contributed by atoms with Crippen LogP contribution in [0.1, 0.15) is 24.3 Å². The lowest BCUT2D eigenvalue weighted by Crippen LogP contribution is -2.31. The van der Waals surface area contributed by atoms with Gasteiger partial charge < -0.3 is 14.5 Å². The molecule has 0 saturated carbocycles. The zero-order valence-corrected chi connectivity index (χ0v) is 23.4. The smallest absolute Gasteiger partial charge is 0.275 e. The van der Waals surface area contributed by atoms with E-state index in [4.69, 9.17) is 14.6 Å². The molecule has 212 valence electrons. The van der Waals surface area contributed by atoms with Crippen LogP contribution in [0, 0.1) is 18.3 Å². The molecular weight excluding hydrogens is 526 g/mol. The van der Waals surface area contributed by atoms with Crippen molar-refractivity contribution in [2.75, 3.05) is 17.3 Å². The molecule has 1 heterocycles. The number of aryl methyl sites for hydroxylation is 1. The van der Waals surface area contributed by atoms with Crippen LogP contribution in [0.5, 0.6) is 0 Å². The van der Waals surface area contributed by atoms with Crippen LogP contribution in [0.2, 0.25) is 0 Å². The minimum absolute atomic E-state index is 0.00432. The van der Waals surface area contributed by atoms with Gasteiger partial charge in [-0.15, -0.1) is 0 Å². The summed E-state index contributed by atoms with van der Waals surface area (Å²) in [6, 6.07) is 28.4. The van der Waals surface area contributed by atoms with E-state index in [2.05, 4.69) is 26.9 Å². The third kappa shape index (κ3) is 7.69. The van der Waals surface area contributed by atoms with Crippen molar-refractivity contribution in [1.82, 2.24) is 4.98 Å². The Balaban J connectivity index is 1.20. The summed E-state index contributed by atoms with van der Waals surface area (Å²) in [6.45, 7) is 2.38. The van der Waals surface area contributed by atoms with Gasteiger partial charge >= 0.3 is 0 Å². The van der Waals surface area contributed by atoms with E-state index in [9.17, 15) is 4.79 Å². The molecule has 0 radical (unpaired) electrons. The van der Waals surface area contributed by atoms with Crippen molar-refractivity contribution in [3.05, 3.63) is 126 Å². The highest BCUT2D eigenvalue weighted by atomic mass is 16.5. The predicted molar refractivity (Wildman–Crippen MR) is 167 cm³/mol. The molecule has 8 heteroatoms. The highest BCUT2D eigenvalue weighted by Crippen LogP contribution is 2.25. The van der Waals surface area contributed by atoms with E-state index in [1.807, 2.05) is 97.9 Å². The number of hydrogen-bond acceptors (Lipinski definition) is 7. The topological polar surface area (TPSA) is 113 Å². The van der Waals surface area contributed by atoms with E-state index < -0.39 is 5.91 Å². The van der Waals surface area contributed by atoms with Crippen molar-refractivity contribution in [3.8, 4) is 11.5 Å². The standard InChI is InChI=1S/C34H33N5O3/c1-24-30(37-34(42-24)26-13-5-2-6-14-26)20-21-41-29-19-11-12-25(22-29)23-31(39-38-28-17-9-4-10-18-28)32(35)33(40)36-27-15-7-3-8-16-27/h2-19,25,35,38H,20-23H2,1H3,(H,36,40)/b35-32?,39-31-.